The fraction of sp³-hybridized carbons (Fsp3) is 0.133. The molecule has 5 heteroatoms. The first-order valence-electron chi connectivity index (χ1n) is 6.04. The van der Waals surface area contributed by atoms with Gasteiger partial charge in [0.15, 0.2) is 5.58 Å². The highest BCUT2D eigenvalue weighted by atomic mass is 32.1. The van der Waals surface area contributed by atoms with Crippen molar-refractivity contribution in [2.24, 2.45) is 0 Å². The van der Waals surface area contributed by atoms with Crippen molar-refractivity contribution in [3.05, 3.63) is 56.7 Å². The molecule has 2 aromatic heterocycles. The number of hydrogen-bond acceptors (Lipinski definition) is 4. The number of nitrogens with zero attached hydrogens (tertiary/aromatic N) is 1. The van der Waals surface area contributed by atoms with Crippen LogP contribution < -0.4 is 5.76 Å². The van der Waals surface area contributed by atoms with Crippen LogP contribution in [0.4, 0.5) is 0 Å². The summed E-state index contributed by atoms with van der Waals surface area (Å²) in [5.41, 5.74) is 2.19. The standard InChI is InChI=1S/C15H11NO3S/c17-8-3-4-11-7-9-20-14(11)10-16-12-5-1-2-6-13(12)19-15(16)18/h1-2,5-7,9,17H,8,10H2. The summed E-state index contributed by atoms with van der Waals surface area (Å²) in [5, 5.41) is 10.7. The fourth-order valence-electron chi connectivity index (χ4n) is 2.02. The highest BCUT2D eigenvalue weighted by molar-refractivity contribution is 7.10. The Hall–Kier alpha value is -2.29. The second kappa shape index (κ2) is 5.37. The molecule has 1 aromatic carbocycles. The SMILES string of the molecule is O=c1oc2ccccc2n1Cc1sccc1C#CCO. The average molecular weight is 285 g/mol. The van der Waals surface area contributed by atoms with E-state index < -0.39 is 0 Å². The van der Waals surface area contributed by atoms with Gasteiger partial charge in [0.25, 0.3) is 0 Å². The van der Waals surface area contributed by atoms with E-state index in [1.807, 2.05) is 29.6 Å². The molecule has 0 spiro atoms. The minimum absolute atomic E-state index is 0.177. The van der Waals surface area contributed by atoms with Crippen LogP contribution in [-0.2, 0) is 6.54 Å². The van der Waals surface area contributed by atoms with Gasteiger partial charge >= 0.3 is 5.76 Å². The fourth-order valence-corrected chi connectivity index (χ4v) is 2.83. The molecule has 0 saturated heterocycles. The van der Waals surface area contributed by atoms with Crippen molar-refractivity contribution >= 4 is 22.4 Å². The highest BCUT2D eigenvalue weighted by Crippen LogP contribution is 2.19. The maximum atomic E-state index is 11.9. The van der Waals surface area contributed by atoms with E-state index in [0.717, 1.165) is 16.0 Å². The number of oxazole rings is 1. The van der Waals surface area contributed by atoms with E-state index in [-0.39, 0.29) is 12.4 Å². The predicted octanol–water partition coefficient (Wildman–Crippen LogP) is 2.05. The summed E-state index contributed by atoms with van der Waals surface area (Å²) in [6.07, 6.45) is 0. The molecule has 0 bridgehead atoms. The van der Waals surface area contributed by atoms with E-state index in [2.05, 4.69) is 11.8 Å². The molecule has 3 aromatic rings. The van der Waals surface area contributed by atoms with Crippen LogP contribution in [0.3, 0.4) is 0 Å². The van der Waals surface area contributed by atoms with Gasteiger partial charge in [-0.1, -0.05) is 24.0 Å². The molecule has 20 heavy (non-hydrogen) atoms. The summed E-state index contributed by atoms with van der Waals surface area (Å²) >= 11 is 1.53. The highest BCUT2D eigenvalue weighted by Gasteiger charge is 2.11. The van der Waals surface area contributed by atoms with E-state index in [1.165, 1.54) is 11.3 Å². The van der Waals surface area contributed by atoms with Gasteiger partial charge in [-0.2, -0.15) is 0 Å². The number of fused-ring (bicyclic) bond motifs is 1. The van der Waals surface area contributed by atoms with Gasteiger partial charge in [0.2, 0.25) is 0 Å². The van der Waals surface area contributed by atoms with E-state index in [1.54, 1.807) is 10.6 Å². The molecule has 100 valence electrons. The van der Waals surface area contributed by atoms with Crippen LogP contribution in [-0.4, -0.2) is 16.3 Å². The molecule has 0 aliphatic rings. The first kappa shape index (κ1) is 12.7. The predicted molar refractivity (Wildman–Crippen MR) is 77.9 cm³/mol. The van der Waals surface area contributed by atoms with Crippen LogP contribution >= 0.6 is 11.3 Å². The zero-order valence-corrected chi connectivity index (χ0v) is 11.3. The van der Waals surface area contributed by atoms with Crippen molar-refractivity contribution in [1.82, 2.24) is 4.57 Å². The number of para-hydroxylation sites is 2. The molecule has 1 N–H and O–H groups in total. The van der Waals surface area contributed by atoms with Gasteiger partial charge in [-0.25, -0.2) is 4.79 Å². The summed E-state index contributed by atoms with van der Waals surface area (Å²) in [7, 11) is 0. The van der Waals surface area contributed by atoms with Gasteiger partial charge in [-0.15, -0.1) is 11.3 Å². The van der Waals surface area contributed by atoms with Crippen LogP contribution in [0.1, 0.15) is 10.4 Å². The lowest BCUT2D eigenvalue weighted by Gasteiger charge is -2.00. The van der Waals surface area contributed by atoms with Crippen molar-refractivity contribution in [3.8, 4) is 11.8 Å². The van der Waals surface area contributed by atoms with Gasteiger partial charge in [-0.3, -0.25) is 4.57 Å². The van der Waals surface area contributed by atoms with Crippen molar-refractivity contribution in [1.29, 1.82) is 0 Å². The number of aromatic nitrogens is 1. The first-order chi connectivity index (χ1) is 9.79. The van der Waals surface area contributed by atoms with Gasteiger partial charge in [0.1, 0.15) is 6.61 Å². The molecule has 0 aliphatic heterocycles. The minimum Gasteiger partial charge on any atom is -0.408 e. The van der Waals surface area contributed by atoms with Crippen LogP contribution in [0.2, 0.25) is 0 Å². The summed E-state index contributed by atoms with van der Waals surface area (Å²) in [5.74, 6) is 5.14. The molecule has 0 aliphatic carbocycles. The molecule has 0 atom stereocenters. The number of thiophene rings is 1. The largest absolute Gasteiger partial charge is 0.420 e. The molecule has 2 heterocycles. The van der Waals surface area contributed by atoms with Crippen LogP contribution in [0.25, 0.3) is 11.1 Å². The van der Waals surface area contributed by atoms with Gasteiger partial charge in [-0.05, 0) is 23.6 Å². The quantitative estimate of drug-likeness (QED) is 0.733. The average Bonchev–Trinajstić information content (AvgIpc) is 3.02. The molecule has 0 saturated carbocycles. The topological polar surface area (TPSA) is 55.4 Å². The second-order valence-electron chi connectivity index (χ2n) is 4.14. The van der Waals surface area contributed by atoms with Crippen LogP contribution in [0.15, 0.2) is 44.9 Å². The maximum absolute atomic E-state index is 11.9. The Morgan fingerprint density at radius 2 is 2.15 bits per heavy atom. The van der Waals surface area contributed by atoms with Crippen molar-refractivity contribution in [2.45, 2.75) is 6.54 Å². The third-order valence-electron chi connectivity index (χ3n) is 2.92. The van der Waals surface area contributed by atoms with Gasteiger partial charge < -0.3 is 9.52 Å². The Balaban J connectivity index is 2.04. The van der Waals surface area contributed by atoms with Crippen molar-refractivity contribution in [2.75, 3.05) is 6.61 Å². The Morgan fingerprint density at radius 3 is 3.00 bits per heavy atom. The first-order valence-corrected chi connectivity index (χ1v) is 6.92. The molecule has 0 amide bonds. The molecule has 4 nitrogen and oxygen atoms in total. The minimum atomic E-state index is -0.374. The maximum Gasteiger partial charge on any atom is 0.420 e. The lowest BCUT2D eigenvalue weighted by atomic mass is 10.2. The number of hydrogen-bond donors (Lipinski definition) is 1. The number of aliphatic hydroxyl groups excluding tert-OH is 1. The molecule has 0 unspecified atom stereocenters. The Kier molecular flexibility index (Phi) is 3.42. The zero-order valence-electron chi connectivity index (χ0n) is 10.5. The molecule has 3 rings (SSSR count). The Bertz CT molecular complexity index is 860. The monoisotopic (exact) mass is 285 g/mol. The van der Waals surface area contributed by atoms with E-state index >= 15 is 0 Å². The van der Waals surface area contributed by atoms with Crippen molar-refractivity contribution < 1.29 is 9.52 Å². The van der Waals surface area contributed by atoms with Crippen LogP contribution in [0.5, 0.6) is 0 Å². The van der Waals surface area contributed by atoms with E-state index in [0.29, 0.717) is 12.1 Å². The summed E-state index contributed by atoms with van der Waals surface area (Å²) in [6, 6.07) is 9.21. The summed E-state index contributed by atoms with van der Waals surface area (Å²) in [6.45, 7) is 0.243. The number of rotatable bonds is 2. The second-order valence-corrected chi connectivity index (χ2v) is 5.14. The van der Waals surface area contributed by atoms with Crippen LogP contribution in [0, 0.1) is 11.8 Å². The zero-order chi connectivity index (χ0) is 13.9. The number of aliphatic hydroxyl groups is 1. The molecular formula is C15H11NO3S. The van der Waals surface area contributed by atoms with Gasteiger partial charge in [0, 0.05) is 10.4 Å². The number of benzene rings is 1. The molecule has 0 fully saturated rings. The Labute approximate surface area is 118 Å². The molecule has 0 radical (unpaired) electrons. The lowest BCUT2D eigenvalue weighted by Crippen LogP contribution is -2.14. The normalized spacial score (nSPS) is 10.4. The third-order valence-corrected chi connectivity index (χ3v) is 3.83. The van der Waals surface area contributed by atoms with Crippen molar-refractivity contribution in [3.63, 3.8) is 0 Å². The summed E-state index contributed by atoms with van der Waals surface area (Å²) in [4.78, 5) is 12.9. The lowest BCUT2D eigenvalue weighted by molar-refractivity contribution is 0.350. The van der Waals surface area contributed by atoms with Gasteiger partial charge in [0.05, 0.1) is 12.1 Å². The summed E-state index contributed by atoms with van der Waals surface area (Å²) < 4.78 is 6.79. The third kappa shape index (κ3) is 2.27. The smallest absolute Gasteiger partial charge is 0.408 e. The van der Waals surface area contributed by atoms with E-state index in [9.17, 15) is 4.79 Å². The van der Waals surface area contributed by atoms with E-state index in [4.69, 9.17) is 9.52 Å². The molecular weight excluding hydrogens is 274 g/mol. The Morgan fingerprint density at radius 1 is 1.30 bits per heavy atom.